The predicted octanol–water partition coefficient (Wildman–Crippen LogP) is 2.37. The van der Waals surface area contributed by atoms with Crippen LogP contribution in [0.25, 0.3) is 0 Å². The smallest absolute Gasteiger partial charge is 0.280 e. The third-order valence-electron chi connectivity index (χ3n) is 2.80. The van der Waals surface area contributed by atoms with Crippen LogP contribution in [0.3, 0.4) is 0 Å². The molecule has 0 atom stereocenters. The van der Waals surface area contributed by atoms with E-state index in [0.29, 0.717) is 12.8 Å². The van der Waals surface area contributed by atoms with E-state index in [0.717, 1.165) is 12.5 Å². The summed E-state index contributed by atoms with van der Waals surface area (Å²) in [5.41, 5.74) is -1.45. The van der Waals surface area contributed by atoms with Crippen molar-refractivity contribution in [1.82, 2.24) is 10.2 Å². The monoisotopic (exact) mass is 215 g/mol. The Hall–Kier alpha value is -1.51. The van der Waals surface area contributed by atoms with Crippen molar-refractivity contribution in [2.75, 3.05) is 0 Å². The molecule has 0 radical (unpaired) electrons. The summed E-state index contributed by atoms with van der Waals surface area (Å²) in [4.78, 5) is 0. The van der Waals surface area contributed by atoms with Gasteiger partial charge >= 0.3 is 6.18 Å². The molecule has 0 aromatic carbocycles. The van der Waals surface area contributed by atoms with E-state index < -0.39 is 17.3 Å². The molecular formula is C9H8F3N3. The van der Waals surface area contributed by atoms with Gasteiger partial charge in [0.1, 0.15) is 0 Å². The fourth-order valence-electron chi connectivity index (χ4n) is 1.68. The third kappa shape index (κ3) is 1.48. The van der Waals surface area contributed by atoms with Crippen molar-refractivity contribution in [2.45, 2.75) is 30.9 Å². The van der Waals surface area contributed by atoms with E-state index in [1.54, 1.807) is 0 Å². The number of alkyl halides is 3. The molecule has 15 heavy (non-hydrogen) atoms. The summed E-state index contributed by atoms with van der Waals surface area (Å²) in [7, 11) is 0. The van der Waals surface area contributed by atoms with Crippen LogP contribution in [0.5, 0.6) is 0 Å². The van der Waals surface area contributed by atoms with E-state index in [-0.39, 0.29) is 5.69 Å². The number of nitrogens with one attached hydrogen (secondary N) is 1. The molecule has 0 saturated heterocycles. The molecule has 1 fully saturated rings. The van der Waals surface area contributed by atoms with E-state index in [2.05, 4.69) is 16.3 Å². The number of aromatic nitrogens is 2. The van der Waals surface area contributed by atoms with Crippen LogP contribution < -0.4 is 0 Å². The Balaban J connectivity index is 2.32. The first-order chi connectivity index (χ1) is 6.98. The maximum Gasteiger partial charge on any atom is 0.435 e. The second-order valence-electron chi connectivity index (χ2n) is 3.71. The van der Waals surface area contributed by atoms with Gasteiger partial charge in [0.15, 0.2) is 5.69 Å². The van der Waals surface area contributed by atoms with Crippen LogP contribution in [-0.2, 0) is 11.6 Å². The Kier molecular flexibility index (Phi) is 2.00. The van der Waals surface area contributed by atoms with Crippen LogP contribution in [0.4, 0.5) is 13.2 Å². The number of nitriles is 1. The molecule has 1 aliphatic rings. The van der Waals surface area contributed by atoms with Gasteiger partial charge in [-0.15, -0.1) is 0 Å². The van der Waals surface area contributed by atoms with E-state index in [4.69, 9.17) is 5.26 Å². The van der Waals surface area contributed by atoms with Gasteiger partial charge in [0, 0.05) is 0 Å². The molecule has 0 bridgehead atoms. The molecule has 1 aromatic rings. The lowest BCUT2D eigenvalue weighted by Gasteiger charge is -2.33. The number of aromatic amines is 1. The van der Waals surface area contributed by atoms with Gasteiger partial charge in [0.2, 0.25) is 0 Å². The molecule has 0 aliphatic heterocycles. The minimum Gasteiger partial charge on any atom is -0.280 e. The van der Waals surface area contributed by atoms with Crippen LogP contribution in [0.1, 0.15) is 30.7 Å². The molecule has 0 unspecified atom stereocenters. The van der Waals surface area contributed by atoms with Gasteiger partial charge in [0.25, 0.3) is 0 Å². The minimum absolute atomic E-state index is 0.281. The van der Waals surface area contributed by atoms with Crippen molar-refractivity contribution in [3.8, 4) is 6.07 Å². The first-order valence-corrected chi connectivity index (χ1v) is 4.52. The van der Waals surface area contributed by atoms with Gasteiger partial charge in [-0.1, -0.05) is 0 Å². The van der Waals surface area contributed by atoms with Gasteiger partial charge < -0.3 is 0 Å². The molecule has 0 spiro atoms. The quantitative estimate of drug-likeness (QED) is 0.781. The molecule has 1 heterocycles. The van der Waals surface area contributed by atoms with Crippen LogP contribution >= 0.6 is 0 Å². The van der Waals surface area contributed by atoms with Gasteiger partial charge in [-0.05, 0) is 25.3 Å². The third-order valence-corrected chi connectivity index (χ3v) is 2.80. The fourth-order valence-corrected chi connectivity index (χ4v) is 1.68. The highest BCUT2D eigenvalue weighted by atomic mass is 19.4. The standard InChI is InChI=1S/C9H8F3N3/c10-9(11,12)7-4-6(14-15-7)8(5-13)2-1-3-8/h4H,1-3H2,(H,14,15). The Bertz CT molecular complexity index is 409. The van der Waals surface area contributed by atoms with Crippen LogP contribution in [0.15, 0.2) is 6.07 Å². The molecule has 2 rings (SSSR count). The molecule has 0 amide bonds. The Morgan fingerprint density at radius 1 is 1.47 bits per heavy atom. The molecule has 1 N–H and O–H groups in total. The summed E-state index contributed by atoms with van der Waals surface area (Å²) in [6, 6.07) is 2.99. The predicted molar refractivity (Wildman–Crippen MR) is 44.7 cm³/mol. The van der Waals surface area contributed by atoms with Gasteiger partial charge in [-0.25, -0.2) is 0 Å². The summed E-state index contributed by atoms with van der Waals surface area (Å²) in [6.45, 7) is 0. The summed E-state index contributed by atoms with van der Waals surface area (Å²) in [5, 5.41) is 14.4. The lowest BCUT2D eigenvalue weighted by molar-refractivity contribution is -0.141. The van der Waals surface area contributed by atoms with Gasteiger partial charge in [-0.3, -0.25) is 5.10 Å². The summed E-state index contributed by atoms with van der Waals surface area (Å²) in [5.74, 6) is 0. The average Bonchev–Trinajstić information content (AvgIpc) is 2.51. The molecular weight excluding hydrogens is 207 g/mol. The van der Waals surface area contributed by atoms with Crippen molar-refractivity contribution in [3.05, 3.63) is 17.5 Å². The number of nitrogens with zero attached hydrogens (tertiary/aromatic N) is 2. The minimum atomic E-state index is -4.45. The van der Waals surface area contributed by atoms with Crippen molar-refractivity contribution >= 4 is 0 Å². The first-order valence-electron chi connectivity index (χ1n) is 4.52. The maximum atomic E-state index is 12.2. The highest BCUT2D eigenvalue weighted by Crippen LogP contribution is 2.43. The molecule has 1 aliphatic carbocycles. The van der Waals surface area contributed by atoms with Gasteiger partial charge in [-0.2, -0.15) is 23.5 Å². The average molecular weight is 215 g/mol. The zero-order valence-electron chi connectivity index (χ0n) is 7.73. The van der Waals surface area contributed by atoms with E-state index in [1.807, 2.05) is 0 Å². The summed E-state index contributed by atoms with van der Waals surface area (Å²) < 4.78 is 36.7. The zero-order valence-corrected chi connectivity index (χ0v) is 7.73. The normalized spacial score (nSPS) is 19.3. The van der Waals surface area contributed by atoms with Gasteiger partial charge in [0.05, 0.1) is 17.2 Å². The van der Waals surface area contributed by atoms with E-state index in [1.165, 1.54) is 0 Å². The van der Waals surface area contributed by atoms with Crippen molar-refractivity contribution in [2.24, 2.45) is 0 Å². The topological polar surface area (TPSA) is 52.5 Å². The SMILES string of the molecule is N#CC1(c2cc(C(F)(F)F)n[nH]2)CCC1. The van der Waals surface area contributed by atoms with E-state index >= 15 is 0 Å². The highest BCUT2D eigenvalue weighted by molar-refractivity contribution is 5.31. The van der Waals surface area contributed by atoms with Crippen molar-refractivity contribution in [1.29, 1.82) is 5.26 Å². The number of H-pyrrole nitrogens is 1. The second kappa shape index (κ2) is 2.99. The molecule has 3 nitrogen and oxygen atoms in total. The Labute approximate surface area is 83.9 Å². The number of halogens is 3. The summed E-state index contributed by atoms with van der Waals surface area (Å²) in [6.07, 6.45) is -2.38. The van der Waals surface area contributed by atoms with Crippen LogP contribution in [0, 0.1) is 11.3 Å². The highest BCUT2D eigenvalue weighted by Gasteiger charge is 2.43. The first kappa shape index (κ1) is 10.0. The Morgan fingerprint density at radius 3 is 2.47 bits per heavy atom. The fraction of sp³-hybridized carbons (Fsp3) is 0.556. The number of hydrogen-bond donors (Lipinski definition) is 1. The summed E-state index contributed by atoms with van der Waals surface area (Å²) >= 11 is 0. The second-order valence-corrected chi connectivity index (χ2v) is 3.71. The Morgan fingerprint density at radius 2 is 2.13 bits per heavy atom. The molecule has 1 saturated carbocycles. The lowest BCUT2D eigenvalue weighted by atomic mass is 9.68. The van der Waals surface area contributed by atoms with Crippen LogP contribution in [-0.4, -0.2) is 10.2 Å². The molecule has 6 heteroatoms. The zero-order chi connectivity index (χ0) is 11.1. The number of hydrogen-bond acceptors (Lipinski definition) is 2. The van der Waals surface area contributed by atoms with Crippen LogP contribution in [0.2, 0.25) is 0 Å². The van der Waals surface area contributed by atoms with Crippen molar-refractivity contribution < 1.29 is 13.2 Å². The lowest BCUT2D eigenvalue weighted by Crippen LogP contribution is -2.32. The molecule has 80 valence electrons. The maximum absolute atomic E-state index is 12.2. The number of rotatable bonds is 1. The largest absolute Gasteiger partial charge is 0.435 e. The van der Waals surface area contributed by atoms with E-state index in [9.17, 15) is 13.2 Å². The molecule has 1 aromatic heterocycles. The van der Waals surface area contributed by atoms with Crippen molar-refractivity contribution in [3.63, 3.8) is 0 Å².